The lowest BCUT2D eigenvalue weighted by Gasteiger charge is -2.44. The van der Waals surface area contributed by atoms with Crippen molar-refractivity contribution in [2.75, 3.05) is 25.0 Å². The fraction of sp³-hybridized carbons (Fsp3) is 0.0588. The van der Waals surface area contributed by atoms with Gasteiger partial charge < -0.3 is 0 Å². The van der Waals surface area contributed by atoms with Crippen molar-refractivity contribution in [1.82, 2.24) is 0 Å². The minimum absolute atomic E-state index is 0.294. The monoisotopic (exact) mass is 968 g/mol. The molecule has 72 heavy (non-hydrogen) atoms. The van der Waals surface area contributed by atoms with E-state index in [9.17, 15) is 0 Å². The highest BCUT2D eigenvalue weighted by Gasteiger charge is 2.32. The Labute approximate surface area is 437 Å². The van der Waals surface area contributed by atoms with Crippen LogP contribution in [0.25, 0.3) is 9.81 Å². The minimum Gasteiger partial charge on any atom is -0.195 e. The van der Waals surface area contributed by atoms with Gasteiger partial charge in [0.25, 0.3) is 0 Å². The highest BCUT2D eigenvalue weighted by Crippen LogP contribution is 2.18. The summed E-state index contributed by atoms with van der Waals surface area (Å²) in [5.41, 5.74) is 13.2. The van der Waals surface area contributed by atoms with Gasteiger partial charge in [-0.05, 0) is 37.4 Å². The van der Waals surface area contributed by atoms with E-state index >= 15 is 0 Å². The lowest BCUT2D eigenvalue weighted by molar-refractivity contribution is 1.66. The van der Waals surface area contributed by atoms with Crippen LogP contribution >= 0.6 is 0 Å². The van der Waals surface area contributed by atoms with Crippen LogP contribution in [0.1, 0.15) is 11.1 Å². The van der Waals surface area contributed by atoms with E-state index in [0.29, 0.717) is 21.8 Å². The summed E-state index contributed by atoms with van der Waals surface area (Å²) in [6.07, 6.45) is 6.33. The van der Waals surface area contributed by atoms with Crippen LogP contribution in [-0.4, -0.2) is 37.3 Å². The van der Waals surface area contributed by atoms with Crippen molar-refractivity contribution >= 4 is 87.6 Å². The van der Waals surface area contributed by atoms with Crippen molar-refractivity contribution in [3.05, 3.63) is 328 Å². The van der Waals surface area contributed by atoms with Crippen molar-refractivity contribution in [3.8, 4) is 0 Å². The SMILES string of the molecule is C=C(c1ccccc1)[S+](C)C.C=C(c1ccccc1)[S+](C)C.c1ccc([B-](c2ccccc2)(c2ccccc2)c2ccccc2)cc1.c1ccc([B-](c2ccccc2)(c2ccccc2)c2ccccc2)cc1. The van der Waals surface area contributed by atoms with Crippen molar-refractivity contribution in [3.63, 3.8) is 0 Å². The highest BCUT2D eigenvalue weighted by atomic mass is 32.2. The van der Waals surface area contributed by atoms with E-state index in [1.807, 2.05) is 36.4 Å². The second-order valence-electron chi connectivity index (χ2n) is 18.2. The highest BCUT2D eigenvalue weighted by molar-refractivity contribution is 8.04. The molecule has 0 N–H and O–H groups in total. The molecule has 356 valence electrons. The van der Waals surface area contributed by atoms with Gasteiger partial charge in [0.05, 0.1) is 0 Å². The summed E-state index contributed by atoms with van der Waals surface area (Å²) < 4.78 is 0. The van der Waals surface area contributed by atoms with Gasteiger partial charge in [-0.3, -0.25) is 0 Å². The third-order valence-electron chi connectivity index (χ3n) is 13.6. The Balaban J connectivity index is 0.000000151. The first-order valence-electron chi connectivity index (χ1n) is 24.7. The summed E-state index contributed by atoms with van der Waals surface area (Å²) in [7, 11) is 0.589. The summed E-state index contributed by atoms with van der Waals surface area (Å²) in [6, 6.07) is 108. The second kappa shape index (κ2) is 26.6. The van der Waals surface area contributed by atoms with E-state index in [1.54, 1.807) is 0 Å². The van der Waals surface area contributed by atoms with Crippen molar-refractivity contribution < 1.29 is 0 Å². The molecule has 10 rings (SSSR count). The number of benzene rings is 10. The predicted molar refractivity (Wildman–Crippen MR) is 329 cm³/mol. The molecule has 0 aromatic heterocycles. The molecule has 0 heterocycles. The van der Waals surface area contributed by atoms with Gasteiger partial charge in [-0.25, -0.2) is 0 Å². The van der Waals surface area contributed by atoms with Gasteiger partial charge in [0.2, 0.25) is 0 Å². The van der Waals surface area contributed by atoms with E-state index in [0.717, 1.165) is 0 Å². The molecule has 0 aliphatic carbocycles. The lowest BCUT2D eigenvalue weighted by Crippen LogP contribution is -2.74. The van der Waals surface area contributed by atoms with E-state index < -0.39 is 12.3 Å². The summed E-state index contributed by atoms with van der Waals surface area (Å²) in [5.74, 6) is 0. The maximum atomic E-state index is 4.04. The Morgan fingerprint density at radius 2 is 0.347 bits per heavy atom. The molecule has 10 aromatic rings. The summed E-state index contributed by atoms with van der Waals surface area (Å²) in [6.45, 7) is 8.07. The van der Waals surface area contributed by atoms with Crippen LogP contribution in [0, 0.1) is 0 Å². The number of rotatable bonds is 12. The lowest BCUT2D eigenvalue weighted by atomic mass is 9.13. The maximum Gasteiger partial charge on any atom is 0.154 e. The Hall–Kier alpha value is -7.49. The molecule has 10 aromatic carbocycles. The summed E-state index contributed by atoms with van der Waals surface area (Å²) in [4.78, 5) is 2.48. The van der Waals surface area contributed by atoms with E-state index in [2.05, 4.69) is 305 Å². The van der Waals surface area contributed by atoms with Gasteiger partial charge in [0.15, 0.2) is 9.81 Å². The van der Waals surface area contributed by atoms with Crippen molar-refractivity contribution in [2.24, 2.45) is 0 Å². The van der Waals surface area contributed by atoms with E-state index in [4.69, 9.17) is 0 Å². The smallest absolute Gasteiger partial charge is 0.154 e. The van der Waals surface area contributed by atoms with Crippen LogP contribution in [0.2, 0.25) is 0 Å². The molecule has 0 aliphatic heterocycles. The van der Waals surface area contributed by atoms with Gasteiger partial charge >= 0.3 is 0 Å². The molecule has 0 bridgehead atoms. The Bertz CT molecular complexity index is 2560. The fourth-order valence-electron chi connectivity index (χ4n) is 9.96. The molecular formula is C68H66B2S2. The molecule has 0 saturated carbocycles. The molecule has 0 spiro atoms. The predicted octanol–water partition coefficient (Wildman–Crippen LogP) is 11.2. The molecule has 4 heteroatoms. The Kier molecular flexibility index (Phi) is 19.4. The first-order chi connectivity index (χ1) is 35.3. The zero-order valence-electron chi connectivity index (χ0n) is 42.3. The minimum atomic E-state index is -1.22. The van der Waals surface area contributed by atoms with Gasteiger partial charge in [-0.2, -0.15) is 43.7 Å². The normalized spacial score (nSPS) is 10.9. The molecule has 0 saturated heterocycles. The van der Waals surface area contributed by atoms with Crippen molar-refractivity contribution in [1.29, 1.82) is 0 Å². The standard InChI is InChI=1S/2C24H20B.2C10H13S/c2*1-5-13-21(14-6-1)25(22-15-7-2-8-16-22,23-17-9-3-10-18-23)24-19-11-4-12-20-24;2*1-9(11(2)3)10-7-5-4-6-8-10/h2*1-20H;2*4-8H,1H2,2-3H3/q2*-1;2*+1. The average molecular weight is 969 g/mol. The van der Waals surface area contributed by atoms with Gasteiger partial charge in [-0.15, -0.1) is 0 Å². The largest absolute Gasteiger partial charge is 0.195 e. The first-order valence-corrected chi connectivity index (χ1v) is 28.7. The Morgan fingerprint density at radius 3 is 0.472 bits per heavy atom. The molecule has 0 atom stereocenters. The third kappa shape index (κ3) is 12.7. The van der Waals surface area contributed by atoms with Gasteiger partial charge in [0.1, 0.15) is 37.3 Å². The molecule has 0 nitrogen and oxygen atoms in total. The second-order valence-corrected chi connectivity index (χ2v) is 22.5. The van der Waals surface area contributed by atoms with Crippen LogP contribution in [0.15, 0.2) is 316 Å². The van der Waals surface area contributed by atoms with Crippen molar-refractivity contribution in [2.45, 2.75) is 0 Å². The van der Waals surface area contributed by atoms with E-state index in [1.165, 1.54) is 64.6 Å². The van der Waals surface area contributed by atoms with Crippen LogP contribution in [0.5, 0.6) is 0 Å². The van der Waals surface area contributed by atoms with E-state index in [-0.39, 0.29) is 0 Å². The zero-order valence-corrected chi connectivity index (χ0v) is 43.9. The zero-order chi connectivity index (χ0) is 50.4. The van der Waals surface area contributed by atoms with Crippen LogP contribution < -0.4 is 43.7 Å². The van der Waals surface area contributed by atoms with Gasteiger partial charge in [-0.1, -0.05) is 279 Å². The summed E-state index contributed by atoms with van der Waals surface area (Å²) in [5, 5.41) is 0. The van der Waals surface area contributed by atoms with Crippen LogP contribution in [0.4, 0.5) is 0 Å². The molecule has 0 aliphatic rings. The first kappa shape index (κ1) is 52.3. The van der Waals surface area contributed by atoms with Crippen LogP contribution in [-0.2, 0) is 21.8 Å². The molecule has 0 unspecified atom stereocenters. The summed E-state index contributed by atoms with van der Waals surface area (Å²) >= 11 is 0. The molecule has 0 fully saturated rings. The average Bonchev–Trinajstić information content (AvgIpc) is 3.46. The van der Waals surface area contributed by atoms with Gasteiger partial charge in [0, 0.05) is 32.9 Å². The maximum absolute atomic E-state index is 4.04. The topological polar surface area (TPSA) is 0 Å². The number of hydrogen-bond acceptors (Lipinski definition) is 0. The number of hydrogen-bond donors (Lipinski definition) is 0. The molecule has 0 radical (unpaired) electrons. The Morgan fingerprint density at radius 1 is 0.222 bits per heavy atom. The molecular weight excluding hydrogens is 903 g/mol. The molecule has 0 amide bonds. The third-order valence-corrected chi connectivity index (χ3v) is 16.0. The van der Waals surface area contributed by atoms with Crippen LogP contribution in [0.3, 0.4) is 0 Å². The fourth-order valence-corrected chi connectivity index (χ4v) is 11.2. The quantitative estimate of drug-likeness (QED) is 0.0845.